The van der Waals surface area contributed by atoms with E-state index < -0.39 is 0 Å². The van der Waals surface area contributed by atoms with Crippen LogP contribution >= 0.6 is 35.4 Å². The molecule has 1 aromatic heterocycles. The van der Waals surface area contributed by atoms with Crippen molar-refractivity contribution >= 4 is 46.2 Å². The van der Waals surface area contributed by atoms with E-state index in [1.807, 2.05) is 18.3 Å². The lowest BCUT2D eigenvalue weighted by atomic mass is 9.79. The third kappa shape index (κ3) is 6.05. The van der Waals surface area contributed by atoms with Gasteiger partial charge in [0.25, 0.3) is 0 Å². The summed E-state index contributed by atoms with van der Waals surface area (Å²) in [6.45, 7) is 9.67. The van der Waals surface area contributed by atoms with Crippen LogP contribution in [0.3, 0.4) is 0 Å². The fourth-order valence-corrected chi connectivity index (χ4v) is 5.10. The zero-order valence-corrected chi connectivity index (χ0v) is 19.6. The van der Waals surface area contributed by atoms with E-state index >= 15 is 0 Å². The SMILES string of the molecule is CC1(C)CC(N(Cc2cccnc2)C(=S)Nc2ccc(Cl)cc2Cl)CC(C)(C)N1. The van der Waals surface area contributed by atoms with Gasteiger partial charge in [-0.3, -0.25) is 4.98 Å². The van der Waals surface area contributed by atoms with Crippen molar-refractivity contribution in [2.45, 2.75) is 64.2 Å². The van der Waals surface area contributed by atoms with Crippen molar-refractivity contribution in [2.24, 2.45) is 0 Å². The van der Waals surface area contributed by atoms with Crippen LogP contribution in [0.2, 0.25) is 10.0 Å². The minimum Gasteiger partial charge on any atom is -0.342 e. The van der Waals surface area contributed by atoms with Gasteiger partial charge in [0, 0.05) is 41.1 Å². The number of aromatic nitrogens is 1. The predicted molar refractivity (Wildman–Crippen MR) is 127 cm³/mol. The second-order valence-electron chi connectivity index (χ2n) is 9.00. The third-order valence-electron chi connectivity index (χ3n) is 5.12. The largest absolute Gasteiger partial charge is 0.342 e. The number of benzene rings is 1. The summed E-state index contributed by atoms with van der Waals surface area (Å²) in [4.78, 5) is 6.53. The molecule has 1 aliphatic rings. The molecule has 0 radical (unpaired) electrons. The van der Waals surface area contributed by atoms with E-state index in [-0.39, 0.29) is 17.1 Å². The molecular weight excluding hydrogens is 423 g/mol. The zero-order valence-electron chi connectivity index (χ0n) is 17.3. The van der Waals surface area contributed by atoms with Gasteiger partial charge < -0.3 is 15.5 Å². The summed E-state index contributed by atoms with van der Waals surface area (Å²) >= 11 is 18.3. The van der Waals surface area contributed by atoms with Gasteiger partial charge >= 0.3 is 0 Å². The summed E-state index contributed by atoms with van der Waals surface area (Å²) < 4.78 is 0. The van der Waals surface area contributed by atoms with Crippen molar-refractivity contribution in [1.29, 1.82) is 0 Å². The van der Waals surface area contributed by atoms with Crippen molar-refractivity contribution < 1.29 is 0 Å². The Balaban J connectivity index is 1.89. The van der Waals surface area contributed by atoms with Gasteiger partial charge in [-0.1, -0.05) is 29.3 Å². The molecule has 0 aliphatic carbocycles. The van der Waals surface area contributed by atoms with E-state index in [9.17, 15) is 0 Å². The van der Waals surface area contributed by atoms with Crippen molar-refractivity contribution in [3.05, 3.63) is 58.3 Å². The van der Waals surface area contributed by atoms with Gasteiger partial charge in [-0.05, 0) is 82.6 Å². The maximum Gasteiger partial charge on any atom is 0.174 e. The molecule has 1 fully saturated rings. The molecule has 2 heterocycles. The Bertz CT molecular complexity index is 854. The number of nitrogens with zero attached hydrogens (tertiary/aromatic N) is 2. The first-order valence-electron chi connectivity index (χ1n) is 9.76. The normalized spacial score (nSPS) is 18.3. The summed E-state index contributed by atoms with van der Waals surface area (Å²) in [5, 5.41) is 8.88. The predicted octanol–water partition coefficient (Wildman–Crippen LogP) is 5.90. The molecule has 0 atom stereocenters. The number of rotatable bonds is 4. The summed E-state index contributed by atoms with van der Waals surface area (Å²) in [5.74, 6) is 0. The lowest BCUT2D eigenvalue weighted by Gasteiger charge is -2.50. The Hall–Kier alpha value is -1.40. The summed E-state index contributed by atoms with van der Waals surface area (Å²) in [6.07, 6.45) is 5.64. The maximum atomic E-state index is 6.37. The quantitative estimate of drug-likeness (QED) is 0.567. The molecule has 1 saturated heterocycles. The van der Waals surface area contributed by atoms with Gasteiger partial charge in [0.1, 0.15) is 0 Å². The monoisotopic (exact) mass is 450 g/mol. The highest BCUT2D eigenvalue weighted by atomic mass is 35.5. The van der Waals surface area contributed by atoms with Crippen molar-refractivity contribution in [3.63, 3.8) is 0 Å². The van der Waals surface area contributed by atoms with E-state index in [1.54, 1.807) is 18.3 Å². The summed E-state index contributed by atoms with van der Waals surface area (Å²) in [6, 6.07) is 9.69. The van der Waals surface area contributed by atoms with Crippen LogP contribution in [0.1, 0.15) is 46.1 Å². The molecule has 7 heteroatoms. The van der Waals surface area contributed by atoms with Crippen LogP contribution in [0.15, 0.2) is 42.7 Å². The van der Waals surface area contributed by atoms with Crippen LogP contribution in [0.4, 0.5) is 5.69 Å². The molecule has 2 aromatic rings. The van der Waals surface area contributed by atoms with Crippen molar-refractivity contribution in [3.8, 4) is 0 Å². The third-order valence-corrected chi connectivity index (χ3v) is 6.00. The van der Waals surface area contributed by atoms with E-state index in [0.717, 1.165) is 24.1 Å². The Morgan fingerprint density at radius 1 is 1.21 bits per heavy atom. The van der Waals surface area contributed by atoms with Crippen LogP contribution in [0.25, 0.3) is 0 Å². The van der Waals surface area contributed by atoms with Crippen molar-refractivity contribution in [2.75, 3.05) is 5.32 Å². The molecule has 29 heavy (non-hydrogen) atoms. The van der Waals surface area contributed by atoms with Crippen LogP contribution in [-0.2, 0) is 6.54 Å². The molecule has 2 N–H and O–H groups in total. The number of piperidine rings is 1. The number of anilines is 1. The highest BCUT2D eigenvalue weighted by Gasteiger charge is 2.40. The van der Waals surface area contributed by atoms with Crippen LogP contribution in [0, 0.1) is 0 Å². The summed E-state index contributed by atoms with van der Waals surface area (Å²) in [7, 11) is 0. The topological polar surface area (TPSA) is 40.2 Å². The van der Waals surface area contributed by atoms with E-state index in [2.05, 4.69) is 54.3 Å². The molecule has 0 bridgehead atoms. The Labute approximate surface area is 189 Å². The first-order chi connectivity index (χ1) is 13.5. The smallest absolute Gasteiger partial charge is 0.174 e. The van der Waals surface area contributed by atoms with Crippen molar-refractivity contribution in [1.82, 2.24) is 15.2 Å². The van der Waals surface area contributed by atoms with Crippen LogP contribution < -0.4 is 10.6 Å². The highest BCUT2D eigenvalue weighted by molar-refractivity contribution is 7.80. The second-order valence-corrected chi connectivity index (χ2v) is 10.2. The fraction of sp³-hybridized carbons (Fsp3) is 0.455. The van der Waals surface area contributed by atoms with E-state index in [1.165, 1.54) is 0 Å². The molecule has 0 unspecified atom stereocenters. The Kier molecular flexibility index (Phi) is 6.74. The lowest BCUT2D eigenvalue weighted by molar-refractivity contribution is 0.101. The van der Waals surface area contributed by atoms with Gasteiger partial charge in [-0.15, -0.1) is 0 Å². The number of hydrogen-bond donors (Lipinski definition) is 2. The van der Waals surface area contributed by atoms with E-state index in [4.69, 9.17) is 35.4 Å². The number of hydrogen-bond acceptors (Lipinski definition) is 3. The van der Waals surface area contributed by atoms with Crippen LogP contribution in [-0.4, -0.2) is 32.1 Å². The van der Waals surface area contributed by atoms with Gasteiger partial charge in [-0.25, -0.2) is 0 Å². The summed E-state index contributed by atoms with van der Waals surface area (Å²) in [5.41, 5.74) is 1.89. The molecule has 0 saturated carbocycles. The molecule has 0 spiro atoms. The zero-order chi connectivity index (χ0) is 21.2. The average molecular weight is 451 g/mol. The fourth-order valence-electron chi connectivity index (χ4n) is 4.32. The van der Waals surface area contributed by atoms with Gasteiger partial charge in [0.2, 0.25) is 0 Å². The molecule has 0 amide bonds. The number of pyridine rings is 1. The Morgan fingerprint density at radius 2 is 1.90 bits per heavy atom. The maximum absolute atomic E-state index is 6.37. The Morgan fingerprint density at radius 3 is 2.48 bits per heavy atom. The molecule has 3 rings (SSSR count). The van der Waals surface area contributed by atoms with Crippen LogP contribution in [0.5, 0.6) is 0 Å². The highest BCUT2D eigenvalue weighted by Crippen LogP contribution is 2.33. The average Bonchev–Trinajstić information content (AvgIpc) is 2.60. The lowest BCUT2D eigenvalue weighted by Crippen LogP contribution is -2.63. The van der Waals surface area contributed by atoms with Gasteiger partial charge in [0.05, 0.1) is 10.7 Å². The minimum atomic E-state index is 0.00708. The molecule has 1 aromatic carbocycles. The number of halogens is 2. The standard InChI is InChI=1S/C22H28Cl2N4S/c1-21(2)11-17(12-22(3,4)27-21)28(14-15-6-5-9-25-13-15)20(29)26-19-8-7-16(23)10-18(19)24/h5-10,13,17,27H,11-12,14H2,1-4H3,(H,26,29). The first kappa shape index (κ1) is 22.3. The number of thiocarbonyl (C=S) groups is 1. The molecular formula is C22H28Cl2N4S. The number of nitrogens with one attached hydrogen (secondary N) is 2. The van der Waals surface area contributed by atoms with Gasteiger partial charge in [0.15, 0.2) is 5.11 Å². The minimum absolute atomic E-state index is 0.00708. The molecule has 156 valence electrons. The molecule has 1 aliphatic heterocycles. The first-order valence-corrected chi connectivity index (χ1v) is 10.9. The second kappa shape index (κ2) is 8.76. The van der Waals surface area contributed by atoms with E-state index in [0.29, 0.717) is 21.7 Å². The molecule has 4 nitrogen and oxygen atoms in total. The van der Waals surface area contributed by atoms with Gasteiger partial charge in [-0.2, -0.15) is 0 Å².